The Balaban J connectivity index is 1.94. The zero-order valence-electron chi connectivity index (χ0n) is 11.9. The average molecular weight is 246 g/mol. The van der Waals surface area contributed by atoms with Crippen molar-refractivity contribution in [2.75, 3.05) is 26.2 Å². The zero-order chi connectivity index (χ0) is 13.0. The van der Waals surface area contributed by atoms with E-state index < -0.39 is 0 Å². The highest BCUT2D eigenvalue weighted by Gasteiger charge is 2.31. The third-order valence-corrected chi connectivity index (χ3v) is 3.88. The lowest BCUT2D eigenvalue weighted by Gasteiger charge is -2.43. The normalized spacial score (nSPS) is 22.1. The molecular formula is C16H26N2. The fraction of sp³-hybridized carbons (Fsp3) is 0.625. The summed E-state index contributed by atoms with van der Waals surface area (Å²) in [6, 6.07) is 11.5. The van der Waals surface area contributed by atoms with Crippen LogP contribution in [0.1, 0.15) is 26.3 Å². The van der Waals surface area contributed by atoms with Crippen LogP contribution >= 0.6 is 0 Å². The maximum Gasteiger partial charge on any atom is 0.0269 e. The molecule has 0 saturated carbocycles. The summed E-state index contributed by atoms with van der Waals surface area (Å²) in [5.41, 5.74) is 1.80. The predicted molar refractivity (Wildman–Crippen MR) is 77.8 cm³/mol. The van der Waals surface area contributed by atoms with Crippen LogP contribution in [0.5, 0.6) is 0 Å². The summed E-state index contributed by atoms with van der Waals surface area (Å²) in [6.45, 7) is 11.6. The summed E-state index contributed by atoms with van der Waals surface area (Å²) in [5.74, 6) is 0. The highest BCUT2D eigenvalue weighted by Crippen LogP contribution is 2.25. The van der Waals surface area contributed by atoms with Gasteiger partial charge in [-0.2, -0.15) is 0 Å². The summed E-state index contributed by atoms with van der Waals surface area (Å²) in [5, 5.41) is 3.53. The molecule has 1 unspecified atom stereocenters. The van der Waals surface area contributed by atoms with E-state index in [-0.39, 0.29) is 0 Å². The van der Waals surface area contributed by atoms with Crippen molar-refractivity contribution >= 4 is 0 Å². The van der Waals surface area contributed by atoms with E-state index in [4.69, 9.17) is 0 Å². The van der Waals surface area contributed by atoms with Crippen LogP contribution in [0.15, 0.2) is 30.3 Å². The molecule has 1 aromatic rings. The van der Waals surface area contributed by atoms with Gasteiger partial charge in [0.05, 0.1) is 0 Å². The summed E-state index contributed by atoms with van der Waals surface area (Å²) < 4.78 is 0. The van der Waals surface area contributed by atoms with Gasteiger partial charge in [-0.25, -0.2) is 0 Å². The van der Waals surface area contributed by atoms with Crippen LogP contribution in [0.2, 0.25) is 0 Å². The summed E-state index contributed by atoms with van der Waals surface area (Å²) >= 11 is 0. The Labute approximate surface area is 111 Å². The van der Waals surface area contributed by atoms with Crippen molar-refractivity contribution < 1.29 is 0 Å². The van der Waals surface area contributed by atoms with Crippen LogP contribution < -0.4 is 5.32 Å². The van der Waals surface area contributed by atoms with E-state index in [9.17, 15) is 0 Å². The molecule has 0 aliphatic carbocycles. The molecule has 1 aliphatic rings. The first-order chi connectivity index (χ1) is 8.57. The lowest BCUT2D eigenvalue weighted by atomic mass is 9.84. The third kappa shape index (κ3) is 3.56. The Morgan fingerprint density at radius 1 is 1.22 bits per heavy atom. The Bertz CT molecular complexity index is 353. The van der Waals surface area contributed by atoms with Crippen molar-refractivity contribution in [2.24, 2.45) is 5.41 Å². The fourth-order valence-electron chi connectivity index (χ4n) is 2.79. The molecule has 1 aliphatic heterocycles. The third-order valence-electron chi connectivity index (χ3n) is 3.88. The van der Waals surface area contributed by atoms with Crippen molar-refractivity contribution in [2.45, 2.75) is 33.2 Å². The minimum Gasteiger partial charge on any atom is -0.314 e. The van der Waals surface area contributed by atoms with Crippen molar-refractivity contribution in [3.8, 4) is 0 Å². The fourth-order valence-corrected chi connectivity index (χ4v) is 2.79. The Hall–Kier alpha value is -0.860. The largest absolute Gasteiger partial charge is 0.314 e. The quantitative estimate of drug-likeness (QED) is 0.882. The predicted octanol–water partition coefficient (Wildman–Crippen LogP) is 2.55. The standard InChI is InChI=1S/C16H26N2/c1-16(2,3)15-13-17-10-12-18(15)11-9-14-7-5-4-6-8-14/h4-8,15,17H,9-13H2,1-3H3. The van der Waals surface area contributed by atoms with Gasteiger partial charge in [0.1, 0.15) is 0 Å². The van der Waals surface area contributed by atoms with Crippen molar-refractivity contribution in [1.29, 1.82) is 0 Å². The number of nitrogens with zero attached hydrogens (tertiary/aromatic N) is 1. The number of hydrogen-bond acceptors (Lipinski definition) is 2. The molecule has 0 spiro atoms. The molecule has 2 rings (SSSR count). The van der Waals surface area contributed by atoms with Crippen molar-refractivity contribution in [3.63, 3.8) is 0 Å². The summed E-state index contributed by atoms with van der Waals surface area (Å²) in [7, 11) is 0. The minimum atomic E-state index is 0.351. The highest BCUT2D eigenvalue weighted by molar-refractivity contribution is 5.15. The molecule has 1 N–H and O–H groups in total. The number of rotatable bonds is 3. The van der Waals surface area contributed by atoms with Gasteiger partial charge in [-0.1, -0.05) is 51.1 Å². The summed E-state index contributed by atoms with van der Waals surface area (Å²) in [4.78, 5) is 2.66. The van der Waals surface area contributed by atoms with Gasteiger partial charge in [0.2, 0.25) is 0 Å². The molecule has 2 nitrogen and oxygen atoms in total. The molecule has 0 aromatic heterocycles. The van der Waals surface area contributed by atoms with Crippen LogP contribution in [0.25, 0.3) is 0 Å². The molecule has 1 aromatic carbocycles. The molecule has 18 heavy (non-hydrogen) atoms. The molecule has 1 atom stereocenters. The maximum atomic E-state index is 3.53. The Kier molecular flexibility index (Phi) is 4.41. The molecule has 2 heteroatoms. The van der Waals surface area contributed by atoms with Crippen LogP contribution in [-0.4, -0.2) is 37.1 Å². The number of piperazine rings is 1. The van der Waals surface area contributed by atoms with Crippen molar-refractivity contribution in [1.82, 2.24) is 10.2 Å². The van der Waals surface area contributed by atoms with Gasteiger partial charge in [0.15, 0.2) is 0 Å². The van der Waals surface area contributed by atoms with Gasteiger partial charge in [0, 0.05) is 32.2 Å². The molecule has 100 valence electrons. The van der Waals surface area contributed by atoms with E-state index in [0.717, 1.165) is 19.5 Å². The lowest BCUT2D eigenvalue weighted by Crippen LogP contribution is -2.56. The molecular weight excluding hydrogens is 220 g/mol. The first kappa shape index (κ1) is 13.6. The van der Waals surface area contributed by atoms with E-state index in [1.165, 1.54) is 18.7 Å². The van der Waals surface area contributed by atoms with Gasteiger partial charge < -0.3 is 5.32 Å². The molecule has 1 fully saturated rings. The van der Waals surface area contributed by atoms with E-state index in [1.807, 2.05) is 0 Å². The van der Waals surface area contributed by atoms with Crippen LogP contribution in [0.3, 0.4) is 0 Å². The van der Waals surface area contributed by atoms with Crippen LogP contribution in [0, 0.1) is 5.41 Å². The van der Waals surface area contributed by atoms with Gasteiger partial charge in [-0.3, -0.25) is 4.90 Å². The van der Waals surface area contributed by atoms with Gasteiger partial charge in [0.25, 0.3) is 0 Å². The van der Waals surface area contributed by atoms with Crippen LogP contribution in [0.4, 0.5) is 0 Å². The second kappa shape index (κ2) is 5.85. The second-order valence-corrected chi connectivity index (χ2v) is 6.36. The van der Waals surface area contributed by atoms with Gasteiger partial charge in [-0.05, 0) is 17.4 Å². The number of nitrogens with one attached hydrogen (secondary N) is 1. The maximum absolute atomic E-state index is 3.53. The lowest BCUT2D eigenvalue weighted by molar-refractivity contribution is 0.0766. The van der Waals surface area contributed by atoms with E-state index in [0.29, 0.717) is 11.5 Å². The molecule has 0 radical (unpaired) electrons. The Morgan fingerprint density at radius 3 is 2.61 bits per heavy atom. The number of benzene rings is 1. The van der Waals surface area contributed by atoms with Crippen molar-refractivity contribution in [3.05, 3.63) is 35.9 Å². The van der Waals surface area contributed by atoms with Gasteiger partial charge >= 0.3 is 0 Å². The molecule has 1 saturated heterocycles. The highest BCUT2D eigenvalue weighted by atomic mass is 15.2. The topological polar surface area (TPSA) is 15.3 Å². The van der Waals surface area contributed by atoms with E-state index in [1.54, 1.807) is 0 Å². The van der Waals surface area contributed by atoms with E-state index in [2.05, 4.69) is 61.3 Å². The smallest absolute Gasteiger partial charge is 0.0269 e. The molecule has 1 heterocycles. The van der Waals surface area contributed by atoms with E-state index >= 15 is 0 Å². The monoisotopic (exact) mass is 246 g/mol. The second-order valence-electron chi connectivity index (χ2n) is 6.36. The zero-order valence-corrected chi connectivity index (χ0v) is 11.9. The summed E-state index contributed by atoms with van der Waals surface area (Å²) in [6.07, 6.45) is 1.16. The average Bonchev–Trinajstić information content (AvgIpc) is 2.37. The minimum absolute atomic E-state index is 0.351. The number of hydrogen-bond donors (Lipinski definition) is 1. The molecule has 0 amide bonds. The van der Waals surface area contributed by atoms with Crippen LogP contribution in [-0.2, 0) is 6.42 Å². The Morgan fingerprint density at radius 2 is 1.94 bits per heavy atom. The first-order valence-corrected chi connectivity index (χ1v) is 7.06. The first-order valence-electron chi connectivity index (χ1n) is 7.06. The SMILES string of the molecule is CC(C)(C)C1CNCCN1CCc1ccccc1. The molecule has 0 bridgehead atoms. The van der Waals surface area contributed by atoms with Gasteiger partial charge in [-0.15, -0.1) is 0 Å².